The van der Waals surface area contributed by atoms with Crippen LogP contribution >= 0.6 is 0 Å². The van der Waals surface area contributed by atoms with Crippen molar-refractivity contribution in [3.05, 3.63) is 41.3 Å². The fourth-order valence-electron chi connectivity index (χ4n) is 1.75. The van der Waals surface area contributed by atoms with Gasteiger partial charge in [0.2, 0.25) is 0 Å². The highest BCUT2D eigenvalue weighted by Crippen LogP contribution is 2.20. The number of benzene rings is 1. The maximum Gasteiger partial charge on any atom is 0.280 e. The second-order valence-corrected chi connectivity index (χ2v) is 6.42. The summed E-state index contributed by atoms with van der Waals surface area (Å²) in [4.78, 5) is 4.01. The van der Waals surface area contributed by atoms with Gasteiger partial charge in [0.25, 0.3) is 10.0 Å². The van der Waals surface area contributed by atoms with Crippen LogP contribution in [0.4, 0.5) is 5.69 Å². The number of hydrogen-bond donors (Lipinski definition) is 3. The van der Waals surface area contributed by atoms with Gasteiger partial charge in [-0.25, -0.2) is 4.98 Å². The number of anilines is 1. The van der Waals surface area contributed by atoms with Gasteiger partial charge in [-0.15, -0.1) is 0 Å². The van der Waals surface area contributed by atoms with Crippen LogP contribution in [0.3, 0.4) is 0 Å². The Morgan fingerprint density at radius 1 is 1.38 bits per heavy atom. The normalized spacial score (nSPS) is 11.4. The first-order valence-corrected chi connectivity index (χ1v) is 7.67. The molecule has 1 aromatic heterocycles. The quantitative estimate of drug-likeness (QED) is 0.580. The highest BCUT2D eigenvalue weighted by Gasteiger charge is 2.19. The monoisotopic (exact) mass is 307 g/mol. The minimum Gasteiger partial charge on any atom is -0.384 e. The van der Waals surface area contributed by atoms with Crippen LogP contribution in [0.5, 0.6) is 0 Å². The molecule has 0 radical (unpaired) electrons. The maximum absolute atomic E-state index is 12.3. The standard InChI is InChI=1S/C13H17N5O2S/c1-8-4-5-10(13(14)15)6-11(8)17-21(19,20)12-7-18(3)9(2)16-12/h4-7,17H,1-3H3,(H3,14,15). The Morgan fingerprint density at radius 2 is 2.05 bits per heavy atom. The number of rotatable bonds is 4. The lowest BCUT2D eigenvalue weighted by Crippen LogP contribution is -2.16. The van der Waals surface area contributed by atoms with E-state index in [9.17, 15) is 8.42 Å². The molecular formula is C13H17N5O2S. The molecule has 0 aliphatic heterocycles. The molecule has 112 valence electrons. The molecule has 2 rings (SSSR count). The predicted octanol–water partition coefficient (Wildman–Crippen LogP) is 1.12. The number of aryl methyl sites for hydroxylation is 3. The zero-order chi connectivity index (χ0) is 15.8. The first-order chi connectivity index (χ1) is 9.70. The average Bonchev–Trinajstić information content (AvgIpc) is 2.73. The molecule has 0 aliphatic rings. The molecule has 8 heteroatoms. The van der Waals surface area contributed by atoms with Crippen molar-refractivity contribution in [1.82, 2.24) is 9.55 Å². The van der Waals surface area contributed by atoms with Crippen molar-refractivity contribution in [3.63, 3.8) is 0 Å². The summed E-state index contributed by atoms with van der Waals surface area (Å²) in [5, 5.41) is 7.37. The Kier molecular flexibility index (Phi) is 3.73. The Labute approximate surface area is 123 Å². The van der Waals surface area contributed by atoms with Gasteiger partial charge in [-0.2, -0.15) is 8.42 Å². The van der Waals surface area contributed by atoms with E-state index in [0.717, 1.165) is 5.56 Å². The molecule has 0 saturated carbocycles. The number of hydrogen-bond acceptors (Lipinski definition) is 4. The molecule has 1 aromatic carbocycles. The number of nitrogen functional groups attached to an aromatic ring is 1. The average molecular weight is 307 g/mol. The summed E-state index contributed by atoms with van der Waals surface area (Å²) in [6.45, 7) is 3.49. The van der Waals surface area contributed by atoms with Crippen LogP contribution < -0.4 is 10.5 Å². The molecular weight excluding hydrogens is 290 g/mol. The fourth-order valence-corrected chi connectivity index (χ4v) is 2.92. The Hall–Kier alpha value is -2.35. The van der Waals surface area contributed by atoms with Gasteiger partial charge in [-0.05, 0) is 25.5 Å². The van der Waals surface area contributed by atoms with Gasteiger partial charge in [0.05, 0.1) is 5.69 Å². The maximum atomic E-state index is 12.3. The summed E-state index contributed by atoms with van der Waals surface area (Å²) in [5.41, 5.74) is 6.99. The molecule has 0 fully saturated rings. The number of nitrogens with zero attached hydrogens (tertiary/aromatic N) is 2. The molecule has 0 saturated heterocycles. The Balaban J connectivity index is 2.41. The lowest BCUT2D eigenvalue weighted by molar-refractivity contribution is 0.598. The fraction of sp³-hybridized carbons (Fsp3) is 0.231. The number of nitrogens with one attached hydrogen (secondary N) is 2. The second-order valence-electron chi connectivity index (χ2n) is 4.79. The summed E-state index contributed by atoms with van der Waals surface area (Å²) in [6, 6.07) is 4.91. The van der Waals surface area contributed by atoms with E-state index < -0.39 is 10.0 Å². The van der Waals surface area contributed by atoms with E-state index in [0.29, 0.717) is 17.1 Å². The first-order valence-electron chi connectivity index (χ1n) is 6.18. The number of sulfonamides is 1. The first kappa shape index (κ1) is 15.0. The van der Waals surface area contributed by atoms with Crippen LogP contribution in [0.15, 0.2) is 29.4 Å². The van der Waals surface area contributed by atoms with Gasteiger partial charge in [-0.1, -0.05) is 12.1 Å². The summed E-state index contributed by atoms with van der Waals surface area (Å²) in [5.74, 6) is 0.480. The zero-order valence-corrected chi connectivity index (χ0v) is 12.8. The molecule has 0 bridgehead atoms. The summed E-state index contributed by atoms with van der Waals surface area (Å²) in [6.07, 6.45) is 1.45. The predicted molar refractivity (Wildman–Crippen MR) is 80.9 cm³/mol. The third kappa shape index (κ3) is 3.05. The minimum atomic E-state index is -3.77. The van der Waals surface area contributed by atoms with Crippen molar-refractivity contribution >= 4 is 21.5 Å². The van der Waals surface area contributed by atoms with Gasteiger partial charge >= 0.3 is 0 Å². The van der Waals surface area contributed by atoms with E-state index in [1.54, 1.807) is 37.6 Å². The number of nitrogens with two attached hydrogens (primary N) is 1. The molecule has 0 aliphatic carbocycles. The molecule has 0 atom stereocenters. The molecule has 0 spiro atoms. The molecule has 0 amide bonds. The molecule has 0 unspecified atom stereocenters. The minimum absolute atomic E-state index is 0.0462. The summed E-state index contributed by atoms with van der Waals surface area (Å²) in [7, 11) is -2.05. The highest BCUT2D eigenvalue weighted by atomic mass is 32.2. The van der Waals surface area contributed by atoms with Crippen molar-refractivity contribution in [1.29, 1.82) is 5.41 Å². The molecule has 2 aromatic rings. The molecule has 21 heavy (non-hydrogen) atoms. The van der Waals surface area contributed by atoms with Crippen molar-refractivity contribution in [2.45, 2.75) is 18.9 Å². The number of aromatic nitrogens is 2. The highest BCUT2D eigenvalue weighted by molar-refractivity contribution is 7.92. The third-order valence-corrected chi connectivity index (χ3v) is 4.39. The van der Waals surface area contributed by atoms with Crippen molar-refractivity contribution in [2.75, 3.05) is 4.72 Å². The lowest BCUT2D eigenvalue weighted by atomic mass is 10.1. The lowest BCUT2D eigenvalue weighted by Gasteiger charge is -2.10. The van der Waals surface area contributed by atoms with Crippen LogP contribution in [0.25, 0.3) is 0 Å². The van der Waals surface area contributed by atoms with Crippen molar-refractivity contribution < 1.29 is 8.42 Å². The zero-order valence-electron chi connectivity index (χ0n) is 12.0. The molecule has 1 heterocycles. The van der Waals surface area contributed by atoms with Crippen LogP contribution in [0, 0.1) is 19.3 Å². The van der Waals surface area contributed by atoms with Gasteiger partial charge < -0.3 is 10.3 Å². The Bertz CT molecular complexity index is 788. The Morgan fingerprint density at radius 3 is 2.57 bits per heavy atom. The topological polar surface area (TPSA) is 114 Å². The van der Waals surface area contributed by atoms with Crippen LogP contribution in [0.2, 0.25) is 0 Å². The van der Waals surface area contributed by atoms with Crippen LogP contribution in [-0.2, 0) is 17.1 Å². The van der Waals surface area contributed by atoms with E-state index in [1.807, 2.05) is 0 Å². The second kappa shape index (κ2) is 5.21. The van der Waals surface area contributed by atoms with E-state index in [4.69, 9.17) is 11.1 Å². The summed E-state index contributed by atoms with van der Waals surface area (Å²) >= 11 is 0. The SMILES string of the molecule is Cc1ccc(C(=N)N)cc1NS(=O)(=O)c1cn(C)c(C)n1. The van der Waals surface area contributed by atoms with Crippen LogP contribution in [0.1, 0.15) is 17.0 Å². The van der Waals surface area contributed by atoms with Gasteiger partial charge in [0.1, 0.15) is 11.7 Å². The van der Waals surface area contributed by atoms with Gasteiger partial charge in [0.15, 0.2) is 5.03 Å². The largest absolute Gasteiger partial charge is 0.384 e. The van der Waals surface area contributed by atoms with Gasteiger partial charge in [0, 0.05) is 18.8 Å². The molecule has 7 nitrogen and oxygen atoms in total. The van der Waals surface area contributed by atoms with E-state index >= 15 is 0 Å². The number of amidine groups is 1. The van der Waals surface area contributed by atoms with E-state index in [-0.39, 0.29) is 10.9 Å². The number of imidazole rings is 1. The van der Waals surface area contributed by atoms with Crippen LogP contribution in [-0.4, -0.2) is 23.8 Å². The van der Waals surface area contributed by atoms with Crippen molar-refractivity contribution in [3.8, 4) is 0 Å². The van der Waals surface area contributed by atoms with Gasteiger partial charge in [-0.3, -0.25) is 10.1 Å². The molecule has 4 N–H and O–H groups in total. The van der Waals surface area contributed by atoms with E-state index in [1.165, 1.54) is 12.3 Å². The van der Waals surface area contributed by atoms with Crippen molar-refractivity contribution in [2.24, 2.45) is 12.8 Å². The summed E-state index contributed by atoms with van der Waals surface area (Å²) < 4.78 is 28.8. The smallest absolute Gasteiger partial charge is 0.280 e. The van der Waals surface area contributed by atoms with E-state index in [2.05, 4.69) is 9.71 Å². The third-order valence-electron chi connectivity index (χ3n) is 3.15.